The molecule has 3 aromatic rings. The largest absolute Gasteiger partial charge is 0.356 e. The van der Waals surface area contributed by atoms with Crippen LogP contribution in [0.4, 0.5) is 5.69 Å². The monoisotopic (exact) mass is 564 g/mol. The summed E-state index contributed by atoms with van der Waals surface area (Å²) < 4.78 is 16.6. The van der Waals surface area contributed by atoms with Gasteiger partial charge in [-0.2, -0.15) is 0 Å². The van der Waals surface area contributed by atoms with Gasteiger partial charge in [0, 0.05) is 35.6 Å². The molecule has 6 nitrogen and oxygen atoms in total. The van der Waals surface area contributed by atoms with Gasteiger partial charge in [0.25, 0.3) is 5.91 Å². The van der Waals surface area contributed by atoms with E-state index >= 15 is 0 Å². The van der Waals surface area contributed by atoms with Gasteiger partial charge in [0.1, 0.15) is 5.69 Å². The van der Waals surface area contributed by atoms with Crippen molar-refractivity contribution in [3.8, 4) is 22.6 Å². The third kappa shape index (κ3) is 8.01. The van der Waals surface area contributed by atoms with Crippen molar-refractivity contribution >= 4 is 66.0 Å². The Labute approximate surface area is 219 Å². The number of halogens is 4. The van der Waals surface area contributed by atoms with Crippen LogP contribution in [0.25, 0.3) is 22.6 Å². The van der Waals surface area contributed by atoms with E-state index in [9.17, 15) is 9.36 Å². The Morgan fingerprint density at radius 3 is 2.26 bits per heavy atom. The number of hydrogen-bond acceptors (Lipinski definition) is 4. The maximum Gasteiger partial charge on any atom is 0.260 e. The van der Waals surface area contributed by atoms with Crippen molar-refractivity contribution in [1.29, 1.82) is 0 Å². The van der Waals surface area contributed by atoms with Gasteiger partial charge in [-0.1, -0.05) is 96.4 Å². The van der Waals surface area contributed by atoms with E-state index in [0.29, 0.717) is 38.3 Å². The topological polar surface area (TPSA) is 83.6 Å². The Bertz CT molecular complexity index is 1100. The van der Waals surface area contributed by atoms with E-state index in [1.54, 1.807) is 48.5 Å². The fourth-order valence-electron chi connectivity index (χ4n) is 2.79. The predicted molar refractivity (Wildman–Crippen MR) is 142 cm³/mol. The molecule has 11 heteroatoms. The molecule has 1 amide bonds. The van der Waals surface area contributed by atoms with Crippen molar-refractivity contribution in [1.82, 2.24) is 5.16 Å². The number of benzene rings is 2. The molecule has 1 atom stereocenters. The summed E-state index contributed by atoms with van der Waals surface area (Å²) in [7, 11) is -2.78. The fraction of sp³-hybridized carbons (Fsp3) is 0.304. The highest BCUT2D eigenvalue weighted by atomic mass is 35.5. The van der Waals surface area contributed by atoms with Gasteiger partial charge in [-0.15, -0.1) is 0 Å². The van der Waals surface area contributed by atoms with Crippen LogP contribution in [0.15, 0.2) is 53.1 Å². The maximum absolute atomic E-state index is 12.4. The number of alkyl halides is 2. The van der Waals surface area contributed by atoms with Gasteiger partial charge in [0.2, 0.25) is 0 Å². The van der Waals surface area contributed by atoms with E-state index in [1.807, 2.05) is 0 Å². The van der Waals surface area contributed by atoms with Gasteiger partial charge in [-0.3, -0.25) is 9.36 Å². The highest BCUT2D eigenvalue weighted by Gasteiger charge is 2.23. The molecular weight excluding hydrogens is 541 g/mol. The first-order valence-electron chi connectivity index (χ1n) is 10.5. The van der Waals surface area contributed by atoms with Crippen molar-refractivity contribution in [3.05, 3.63) is 58.6 Å². The summed E-state index contributed by atoms with van der Waals surface area (Å²) in [6.45, 7) is 4.35. The molecule has 0 saturated heterocycles. The maximum atomic E-state index is 12.4. The first-order chi connectivity index (χ1) is 16.2. The summed E-state index contributed by atoms with van der Waals surface area (Å²) in [4.78, 5) is 21.5. The number of unbranched alkanes of at least 4 members (excludes halogenated alkanes) is 1. The number of aromatic nitrogens is 1. The normalized spacial score (nSPS) is 11.6. The Kier molecular flexibility index (Phi) is 11.9. The van der Waals surface area contributed by atoms with Crippen LogP contribution >= 0.6 is 54.4 Å². The number of carbonyl (C=O) groups excluding carboxylic acids is 1. The van der Waals surface area contributed by atoms with Gasteiger partial charge >= 0.3 is 0 Å². The highest BCUT2D eigenvalue weighted by molar-refractivity contribution is 7.38. The molecule has 184 valence electrons. The Hall–Kier alpha value is -1.53. The zero-order valence-electron chi connectivity index (χ0n) is 18.6. The van der Waals surface area contributed by atoms with Crippen molar-refractivity contribution in [2.45, 2.75) is 31.5 Å². The standard InChI is InChI=1S/C19H15Cl4N2O4P.C4H10/c20-13-5-2-6-14(21)17(13)15-10-16(29-24-15)11-3-1-4-12(9-11)25(7-8-30(27)28)19(26)18(22)23;1-3-4-2/h1-6,9-10,18,30H,7-8H2,(H,27,28);3-4H2,1-2H3. The number of anilines is 1. The summed E-state index contributed by atoms with van der Waals surface area (Å²) in [5, 5.41) is 4.91. The van der Waals surface area contributed by atoms with Crippen molar-refractivity contribution in [2.24, 2.45) is 0 Å². The minimum absolute atomic E-state index is 0.0105. The minimum atomic E-state index is -2.78. The molecule has 2 aromatic carbocycles. The van der Waals surface area contributed by atoms with Gasteiger partial charge in [-0.25, -0.2) is 0 Å². The molecule has 34 heavy (non-hydrogen) atoms. The van der Waals surface area contributed by atoms with Crippen molar-refractivity contribution in [3.63, 3.8) is 0 Å². The molecule has 1 N–H and O–H groups in total. The third-order valence-corrected chi connectivity index (χ3v) is 6.33. The molecule has 1 unspecified atom stereocenters. The van der Waals surface area contributed by atoms with Crippen LogP contribution in [-0.4, -0.2) is 33.5 Å². The number of nitrogens with zero attached hydrogens (tertiary/aromatic N) is 2. The molecule has 0 aliphatic carbocycles. The average molecular weight is 566 g/mol. The van der Waals surface area contributed by atoms with Gasteiger partial charge < -0.3 is 14.3 Å². The molecule has 3 rings (SSSR count). The summed E-state index contributed by atoms with van der Waals surface area (Å²) >= 11 is 23.9. The smallest absolute Gasteiger partial charge is 0.260 e. The van der Waals surface area contributed by atoms with E-state index in [4.69, 9.17) is 55.8 Å². The number of amides is 1. The number of hydrogen-bond donors (Lipinski definition) is 1. The molecule has 0 saturated carbocycles. The summed E-state index contributed by atoms with van der Waals surface area (Å²) in [6, 6.07) is 13.6. The van der Waals surface area contributed by atoms with E-state index < -0.39 is 18.8 Å². The zero-order valence-corrected chi connectivity index (χ0v) is 22.6. The van der Waals surface area contributed by atoms with E-state index in [2.05, 4.69) is 19.0 Å². The van der Waals surface area contributed by atoms with Crippen LogP contribution < -0.4 is 4.90 Å². The minimum Gasteiger partial charge on any atom is -0.356 e. The first kappa shape index (κ1) is 28.7. The second kappa shape index (κ2) is 14.1. The molecule has 1 heterocycles. The molecule has 0 fully saturated rings. The van der Waals surface area contributed by atoms with E-state index in [0.717, 1.165) is 0 Å². The second-order valence-electron chi connectivity index (χ2n) is 7.16. The molecule has 1 aromatic heterocycles. The first-order valence-corrected chi connectivity index (χ1v) is 13.7. The van der Waals surface area contributed by atoms with Crippen LogP contribution in [0.3, 0.4) is 0 Å². The SMILES string of the molecule is CCCC.O=C(C(Cl)Cl)N(CC[PH](=O)O)c1cccc(-c2cc(-c3c(Cl)cccc3Cl)no2)c1. The van der Waals surface area contributed by atoms with Crippen LogP contribution in [0.2, 0.25) is 10.0 Å². The third-order valence-electron chi connectivity index (χ3n) is 4.67. The summed E-state index contributed by atoms with van der Waals surface area (Å²) in [5.74, 6) is -0.181. The lowest BCUT2D eigenvalue weighted by Gasteiger charge is -2.23. The number of carbonyl (C=O) groups is 1. The van der Waals surface area contributed by atoms with Crippen LogP contribution in [0, 0.1) is 0 Å². The van der Waals surface area contributed by atoms with Gasteiger partial charge in [0.15, 0.2) is 18.6 Å². The zero-order chi connectivity index (χ0) is 25.3. The fourth-order valence-corrected chi connectivity index (χ4v) is 4.03. The molecule has 0 bridgehead atoms. The Morgan fingerprint density at radius 1 is 1.09 bits per heavy atom. The Morgan fingerprint density at radius 2 is 1.71 bits per heavy atom. The lowest BCUT2D eigenvalue weighted by Crippen LogP contribution is -2.36. The van der Waals surface area contributed by atoms with E-state index in [-0.39, 0.29) is 12.7 Å². The van der Waals surface area contributed by atoms with Gasteiger partial charge in [0.05, 0.1) is 10.0 Å². The van der Waals surface area contributed by atoms with Crippen molar-refractivity contribution < 1.29 is 18.8 Å². The summed E-state index contributed by atoms with van der Waals surface area (Å²) in [5.41, 5.74) is 2.06. The lowest BCUT2D eigenvalue weighted by molar-refractivity contribution is -0.116. The van der Waals surface area contributed by atoms with Crippen LogP contribution in [-0.2, 0) is 9.36 Å². The molecule has 0 aliphatic heterocycles. The second-order valence-corrected chi connectivity index (χ2v) is 10.4. The predicted octanol–water partition coefficient (Wildman–Crippen LogP) is 7.73. The van der Waals surface area contributed by atoms with Crippen LogP contribution in [0.5, 0.6) is 0 Å². The van der Waals surface area contributed by atoms with Crippen molar-refractivity contribution in [2.75, 3.05) is 17.6 Å². The summed E-state index contributed by atoms with van der Waals surface area (Å²) in [6.07, 6.45) is 2.55. The molecular formula is C23H25Cl4N2O4P. The van der Waals surface area contributed by atoms with Crippen LogP contribution in [0.1, 0.15) is 26.7 Å². The van der Waals surface area contributed by atoms with Gasteiger partial charge in [-0.05, 0) is 24.3 Å². The quantitative estimate of drug-likeness (QED) is 0.223. The van der Waals surface area contributed by atoms with E-state index in [1.165, 1.54) is 17.7 Å². The molecule has 0 spiro atoms. The lowest BCUT2D eigenvalue weighted by atomic mass is 10.1. The average Bonchev–Trinajstić information content (AvgIpc) is 3.29. The number of rotatable bonds is 8. The highest BCUT2D eigenvalue weighted by Crippen LogP contribution is 2.36. The Balaban J connectivity index is 0.000000945. The molecule has 0 aliphatic rings. The molecule has 0 radical (unpaired) electrons.